The Balaban J connectivity index is 1.29. The zero-order chi connectivity index (χ0) is 36.4. The number of fused-ring (bicyclic) bond motifs is 2. The fourth-order valence-electron chi connectivity index (χ4n) is 6.79. The van der Waals surface area contributed by atoms with E-state index in [1.165, 1.54) is 0 Å². The molecule has 1 amide bonds. The average Bonchev–Trinajstić information content (AvgIpc) is 3.66. The first-order chi connectivity index (χ1) is 25.1. The molecule has 1 aliphatic rings. The lowest BCUT2D eigenvalue weighted by molar-refractivity contribution is -0.116. The molecule has 1 aliphatic heterocycles. The van der Waals surface area contributed by atoms with E-state index in [2.05, 4.69) is 55.2 Å². The van der Waals surface area contributed by atoms with Crippen LogP contribution < -0.4 is 5.32 Å². The standard InChI is InChI=1S/C40H42BrN7O3S/c1-28-11-14-31(15-12-28)52(50,51)23-22-48-39-32(10-7-17-42-39)36(44-48)25-34(35-26-46(3)38-16-13-30(41)24-33(35)38)40(49)43-37(29-8-5-4-6-9-29)27-47-20-18-45(2)19-21-47/h4-17,24-26,37H,18-23,27H2,1-3H3,(H,43,49)/t37-/m1/s1. The lowest BCUT2D eigenvalue weighted by Gasteiger charge is -2.35. The zero-order valence-electron chi connectivity index (χ0n) is 29.5. The highest BCUT2D eigenvalue weighted by Crippen LogP contribution is 2.32. The first-order valence-corrected chi connectivity index (χ1v) is 19.8. The number of halogens is 1. The third-order valence-corrected chi connectivity index (χ3v) is 12.0. The van der Waals surface area contributed by atoms with Crippen molar-refractivity contribution in [3.8, 4) is 0 Å². The van der Waals surface area contributed by atoms with Gasteiger partial charge in [0.2, 0.25) is 0 Å². The van der Waals surface area contributed by atoms with Crippen LogP contribution in [0.4, 0.5) is 0 Å². The molecule has 3 aromatic carbocycles. The van der Waals surface area contributed by atoms with Crippen molar-refractivity contribution in [3.05, 3.63) is 124 Å². The number of aromatic nitrogens is 4. The second-order valence-electron chi connectivity index (χ2n) is 13.5. The number of piperazine rings is 1. The summed E-state index contributed by atoms with van der Waals surface area (Å²) >= 11 is 3.64. The first-order valence-electron chi connectivity index (χ1n) is 17.4. The number of carbonyl (C=O) groups is 1. The highest BCUT2D eigenvalue weighted by atomic mass is 79.9. The number of hydrogen-bond donors (Lipinski definition) is 1. The summed E-state index contributed by atoms with van der Waals surface area (Å²) in [5, 5.41) is 9.94. The minimum absolute atomic E-state index is 0.0986. The zero-order valence-corrected chi connectivity index (χ0v) is 31.9. The van der Waals surface area contributed by atoms with Gasteiger partial charge in [0.05, 0.1) is 34.5 Å². The van der Waals surface area contributed by atoms with Gasteiger partial charge in [0.1, 0.15) is 0 Å². The Morgan fingerprint density at radius 3 is 2.44 bits per heavy atom. The minimum atomic E-state index is -3.58. The maximum absolute atomic E-state index is 14.8. The van der Waals surface area contributed by atoms with Crippen LogP contribution in [0, 0.1) is 6.92 Å². The molecule has 1 saturated heterocycles. The molecule has 0 saturated carbocycles. The summed E-state index contributed by atoms with van der Waals surface area (Å²) in [7, 11) is 0.529. The third-order valence-electron chi connectivity index (χ3n) is 9.80. The molecule has 0 radical (unpaired) electrons. The van der Waals surface area contributed by atoms with Gasteiger partial charge in [-0.05, 0) is 68.1 Å². The van der Waals surface area contributed by atoms with Crippen LogP contribution in [-0.2, 0) is 28.2 Å². The molecule has 12 heteroatoms. The van der Waals surface area contributed by atoms with Gasteiger partial charge in [0, 0.05) is 78.5 Å². The Morgan fingerprint density at radius 2 is 1.69 bits per heavy atom. The maximum atomic E-state index is 14.8. The molecule has 268 valence electrons. The monoisotopic (exact) mass is 779 g/mol. The number of carbonyl (C=O) groups excluding carboxylic acids is 1. The molecule has 1 fully saturated rings. The van der Waals surface area contributed by atoms with Gasteiger partial charge in [-0.2, -0.15) is 5.10 Å². The van der Waals surface area contributed by atoms with Crippen molar-refractivity contribution in [1.29, 1.82) is 0 Å². The number of hydrogen-bond acceptors (Lipinski definition) is 7. The highest BCUT2D eigenvalue weighted by molar-refractivity contribution is 9.10. The van der Waals surface area contributed by atoms with Crippen LogP contribution >= 0.6 is 15.9 Å². The predicted octanol–water partition coefficient (Wildman–Crippen LogP) is 6.11. The van der Waals surface area contributed by atoms with E-state index in [0.717, 1.165) is 63.6 Å². The van der Waals surface area contributed by atoms with Crippen molar-refractivity contribution in [1.82, 2.24) is 34.4 Å². The number of benzene rings is 3. The smallest absolute Gasteiger partial charge is 0.252 e. The summed E-state index contributed by atoms with van der Waals surface area (Å²) in [5.74, 6) is -0.383. The van der Waals surface area contributed by atoms with E-state index in [1.54, 1.807) is 35.1 Å². The second-order valence-corrected chi connectivity index (χ2v) is 16.6. The Labute approximate surface area is 312 Å². The normalized spacial score (nSPS) is 15.3. The summed E-state index contributed by atoms with van der Waals surface area (Å²) in [6, 6.07) is 26.5. The van der Waals surface area contributed by atoms with E-state index >= 15 is 0 Å². The molecule has 7 rings (SSSR count). The molecule has 0 unspecified atom stereocenters. The van der Waals surface area contributed by atoms with Crippen LogP contribution in [0.25, 0.3) is 33.6 Å². The Hall–Kier alpha value is -4.62. The molecule has 0 bridgehead atoms. The van der Waals surface area contributed by atoms with Gasteiger partial charge in [-0.1, -0.05) is 64.0 Å². The number of amides is 1. The molecule has 0 spiro atoms. The van der Waals surface area contributed by atoms with E-state index in [0.29, 0.717) is 23.5 Å². The van der Waals surface area contributed by atoms with Crippen LogP contribution in [0.15, 0.2) is 107 Å². The van der Waals surface area contributed by atoms with E-state index in [9.17, 15) is 13.2 Å². The molecule has 10 nitrogen and oxygen atoms in total. The van der Waals surface area contributed by atoms with Crippen molar-refractivity contribution in [2.45, 2.75) is 24.4 Å². The molecule has 1 atom stereocenters. The van der Waals surface area contributed by atoms with Gasteiger partial charge in [-0.15, -0.1) is 0 Å². The summed E-state index contributed by atoms with van der Waals surface area (Å²) in [6.45, 7) is 6.49. The predicted molar refractivity (Wildman–Crippen MR) is 211 cm³/mol. The summed E-state index contributed by atoms with van der Waals surface area (Å²) in [4.78, 5) is 24.4. The van der Waals surface area contributed by atoms with Crippen LogP contribution in [0.1, 0.15) is 28.4 Å². The number of likely N-dealkylation sites (N-methyl/N-ethyl adjacent to an activating group) is 1. The molecule has 4 heterocycles. The van der Waals surface area contributed by atoms with Crippen molar-refractivity contribution >= 4 is 65.3 Å². The topological polar surface area (TPSA) is 105 Å². The molecule has 3 aromatic heterocycles. The fraction of sp³-hybridized carbons (Fsp3) is 0.275. The number of pyridine rings is 1. The molecule has 0 aliphatic carbocycles. The Bertz CT molecular complexity index is 2360. The van der Waals surface area contributed by atoms with Gasteiger partial charge >= 0.3 is 0 Å². The van der Waals surface area contributed by atoms with Gasteiger partial charge < -0.3 is 14.8 Å². The average molecular weight is 781 g/mol. The van der Waals surface area contributed by atoms with Crippen LogP contribution in [0.3, 0.4) is 0 Å². The van der Waals surface area contributed by atoms with Crippen molar-refractivity contribution in [3.63, 3.8) is 0 Å². The van der Waals surface area contributed by atoms with Crippen LogP contribution in [-0.4, -0.2) is 89.0 Å². The van der Waals surface area contributed by atoms with Crippen LogP contribution in [0.5, 0.6) is 0 Å². The molecule has 1 N–H and O–H groups in total. The van der Waals surface area contributed by atoms with Crippen molar-refractivity contribution in [2.24, 2.45) is 7.05 Å². The van der Waals surface area contributed by atoms with Crippen molar-refractivity contribution < 1.29 is 13.2 Å². The fourth-order valence-corrected chi connectivity index (χ4v) is 8.35. The van der Waals surface area contributed by atoms with Crippen molar-refractivity contribution in [2.75, 3.05) is 45.5 Å². The SMILES string of the molecule is Cc1ccc(S(=O)(=O)CCn2nc(C=C(C(=O)N[C@H](CN3CCN(C)CC3)c3ccccc3)c3cn(C)c4ccc(Br)cc34)c3cccnc32)cc1. The quantitative estimate of drug-likeness (QED) is 0.158. The van der Waals surface area contributed by atoms with Gasteiger partial charge in [0.15, 0.2) is 15.5 Å². The molecular weight excluding hydrogens is 738 g/mol. The summed E-state index contributed by atoms with van der Waals surface area (Å²) in [5.41, 5.74) is 5.29. The largest absolute Gasteiger partial charge is 0.350 e. The lowest BCUT2D eigenvalue weighted by atomic mass is 10.00. The van der Waals surface area contributed by atoms with Crippen LogP contribution in [0.2, 0.25) is 0 Å². The number of rotatable bonds is 11. The van der Waals surface area contributed by atoms with Gasteiger partial charge in [0.25, 0.3) is 5.91 Å². The number of nitrogens with one attached hydrogen (secondary N) is 1. The Kier molecular flexibility index (Phi) is 10.4. The van der Waals surface area contributed by atoms with E-state index in [-0.39, 0.29) is 29.1 Å². The number of aryl methyl sites for hydroxylation is 3. The van der Waals surface area contributed by atoms with E-state index in [4.69, 9.17) is 5.10 Å². The number of nitrogens with zero attached hydrogens (tertiary/aromatic N) is 6. The maximum Gasteiger partial charge on any atom is 0.252 e. The molecular formula is C40H42BrN7O3S. The summed E-state index contributed by atoms with van der Waals surface area (Å²) < 4.78 is 31.2. The molecule has 6 aromatic rings. The lowest BCUT2D eigenvalue weighted by Crippen LogP contribution is -2.47. The molecule has 52 heavy (non-hydrogen) atoms. The first kappa shape index (κ1) is 35.8. The minimum Gasteiger partial charge on any atom is -0.350 e. The number of sulfone groups is 1. The van der Waals surface area contributed by atoms with E-state index < -0.39 is 9.84 Å². The highest BCUT2D eigenvalue weighted by Gasteiger charge is 2.26. The second kappa shape index (κ2) is 15.2. The summed E-state index contributed by atoms with van der Waals surface area (Å²) in [6.07, 6.45) is 5.46. The third kappa shape index (κ3) is 7.75. The van der Waals surface area contributed by atoms with Gasteiger partial charge in [-0.3, -0.25) is 9.69 Å². The van der Waals surface area contributed by atoms with Gasteiger partial charge in [-0.25, -0.2) is 18.1 Å². The Morgan fingerprint density at radius 1 is 0.942 bits per heavy atom. The van der Waals surface area contributed by atoms with E-state index in [1.807, 2.05) is 79.3 Å².